The van der Waals surface area contributed by atoms with Crippen molar-refractivity contribution in [2.24, 2.45) is 12.8 Å². The van der Waals surface area contributed by atoms with Crippen LogP contribution >= 0.6 is 0 Å². The number of imidazole rings is 1. The van der Waals surface area contributed by atoms with Crippen LogP contribution in [0.15, 0.2) is 0 Å². The van der Waals surface area contributed by atoms with Gasteiger partial charge in [-0.2, -0.15) is 0 Å². The van der Waals surface area contributed by atoms with Crippen LogP contribution in [0.3, 0.4) is 0 Å². The molecule has 3 heteroatoms. The molecule has 1 fully saturated rings. The summed E-state index contributed by atoms with van der Waals surface area (Å²) in [5.74, 6) is 1.77. The molecule has 0 amide bonds. The van der Waals surface area contributed by atoms with Crippen LogP contribution in [0.4, 0.5) is 0 Å². The van der Waals surface area contributed by atoms with E-state index < -0.39 is 0 Å². The molecule has 1 heterocycles. The molecule has 0 bridgehead atoms. The average Bonchev–Trinajstić information content (AvgIpc) is 2.84. The Morgan fingerprint density at radius 2 is 2.00 bits per heavy atom. The lowest BCUT2D eigenvalue weighted by atomic mass is 10.0. The van der Waals surface area contributed by atoms with Gasteiger partial charge in [-0.3, -0.25) is 0 Å². The second kappa shape index (κ2) is 3.88. The van der Waals surface area contributed by atoms with Crippen molar-refractivity contribution in [1.29, 1.82) is 0 Å². The molecule has 2 atom stereocenters. The first-order valence-corrected chi connectivity index (χ1v) is 6.57. The third kappa shape index (κ3) is 1.49. The minimum atomic E-state index is 0.336. The minimum absolute atomic E-state index is 0.336. The molecule has 88 valence electrons. The smallest absolute Gasteiger partial charge is 0.113 e. The van der Waals surface area contributed by atoms with E-state index in [-0.39, 0.29) is 0 Å². The van der Waals surface area contributed by atoms with Crippen LogP contribution in [-0.4, -0.2) is 15.6 Å². The molecule has 0 radical (unpaired) electrons. The highest BCUT2D eigenvalue weighted by molar-refractivity contribution is 5.23. The summed E-state index contributed by atoms with van der Waals surface area (Å²) in [5, 5.41) is 0. The Labute approximate surface area is 97.0 Å². The number of fused-ring (bicyclic) bond motifs is 1. The fraction of sp³-hybridized carbons (Fsp3) is 0.769. The lowest BCUT2D eigenvalue weighted by Crippen LogP contribution is -2.25. The van der Waals surface area contributed by atoms with E-state index in [1.165, 1.54) is 62.2 Å². The summed E-state index contributed by atoms with van der Waals surface area (Å²) in [6.07, 6.45) is 8.67. The van der Waals surface area contributed by atoms with E-state index in [1.54, 1.807) is 0 Å². The first-order chi connectivity index (χ1) is 7.77. The van der Waals surface area contributed by atoms with Crippen LogP contribution in [0, 0.1) is 0 Å². The van der Waals surface area contributed by atoms with Crippen LogP contribution in [0.25, 0.3) is 0 Å². The fourth-order valence-electron chi connectivity index (χ4n) is 3.35. The minimum Gasteiger partial charge on any atom is -0.335 e. The average molecular weight is 219 g/mol. The second-order valence-corrected chi connectivity index (χ2v) is 5.33. The lowest BCUT2D eigenvalue weighted by Gasteiger charge is -2.16. The quantitative estimate of drug-likeness (QED) is 0.784. The number of nitrogens with zero attached hydrogens (tertiary/aromatic N) is 2. The Kier molecular flexibility index (Phi) is 2.51. The molecule has 2 unspecified atom stereocenters. The molecular weight excluding hydrogens is 198 g/mol. The Morgan fingerprint density at radius 1 is 1.19 bits per heavy atom. The van der Waals surface area contributed by atoms with Gasteiger partial charge in [0.1, 0.15) is 5.82 Å². The summed E-state index contributed by atoms with van der Waals surface area (Å²) in [6.45, 7) is 0. The molecule has 0 aromatic carbocycles. The Balaban J connectivity index is 1.98. The maximum atomic E-state index is 6.18. The third-order valence-electron chi connectivity index (χ3n) is 4.31. The maximum absolute atomic E-state index is 6.18. The number of nitrogens with two attached hydrogens (primary N) is 1. The van der Waals surface area contributed by atoms with E-state index >= 15 is 0 Å². The van der Waals surface area contributed by atoms with E-state index in [9.17, 15) is 0 Å². The lowest BCUT2D eigenvalue weighted by molar-refractivity contribution is 0.555. The molecule has 1 aromatic heterocycles. The van der Waals surface area contributed by atoms with Gasteiger partial charge in [-0.25, -0.2) is 4.98 Å². The number of hydrogen-bond donors (Lipinski definition) is 1. The normalized spacial score (nSPS) is 29.4. The first-order valence-electron chi connectivity index (χ1n) is 6.57. The van der Waals surface area contributed by atoms with Gasteiger partial charge in [0.2, 0.25) is 0 Å². The molecule has 16 heavy (non-hydrogen) atoms. The highest BCUT2D eigenvalue weighted by Crippen LogP contribution is 2.34. The van der Waals surface area contributed by atoms with Crippen molar-refractivity contribution in [3.8, 4) is 0 Å². The van der Waals surface area contributed by atoms with E-state index in [1.807, 2.05) is 0 Å². The molecule has 1 saturated carbocycles. The maximum Gasteiger partial charge on any atom is 0.113 e. The first kappa shape index (κ1) is 10.3. The van der Waals surface area contributed by atoms with Crippen LogP contribution in [0.2, 0.25) is 0 Å². The predicted molar refractivity (Wildman–Crippen MR) is 64.4 cm³/mol. The largest absolute Gasteiger partial charge is 0.335 e. The molecule has 1 aromatic rings. The van der Waals surface area contributed by atoms with Gasteiger partial charge >= 0.3 is 0 Å². The molecule has 2 aliphatic rings. The summed E-state index contributed by atoms with van der Waals surface area (Å²) in [5.41, 5.74) is 9.01. The number of rotatable bonds is 1. The monoisotopic (exact) mass is 219 g/mol. The molecule has 2 aliphatic carbocycles. The summed E-state index contributed by atoms with van der Waals surface area (Å²) >= 11 is 0. The van der Waals surface area contributed by atoms with Gasteiger partial charge < -0.3 is 10.3 Å². The van der Waals surface area contributed by atoms with Crippen molar-refractivity contribution < 1.29 is 0 Å². The molecule has 3 rings (SSSR count). The summed E-state index contributed by atoms with van der Waals surface area (Å²) in [7, 11) is 2.18. The zero-order valence-corrected chi connectivity index (χ0v) is 10.1. The SMILES string of the molecule is Cn1c(C2CCCC2N)nc2c1CCCC2. The van der Waals surface area contributed by atoms with Crippen molar-refractivity contribution in [3.63, 3.8) is 0 Å². The number of hydrogen-bond acceptors (Lipinski definition) is 2. The Hall–Kier alpha value is -0.830. The van der Waals surface area contributed by atoms with Gasteiger partial charge in [-0.05, 0) is 38.5 Å². The van der Waals surface area contributed by atoms with Gasteiger partial charge in [0, 0.05) is 24.7 Å². The number of aromatic nitrogens is 2. The van der Waals surface area contributed by atoms with Crippen LogP contribution in [-0.2, 0) is 19.9 Å². The molecular formula is C13H21N3. The zero-order valence-electron chi connectivity index (χ0n) is 10.1. The molecule has 0 saturated heterocycles. The highest BCUT2D eigenvalue weighted by atomic mass is 15.1. The van der Waals surface area contributed by atoms with E-state index in [0.717, 1.165) is 0 Å². The van der Waals surface area contributed by atoms with Gasteiger partial charge in [-0.1, -0.05) is 6.42 Å². The van der Waals surface area contributed by atoms with Crippen molar-refractivity contribution >= 4 is 0 Å². The van der Waals surface area contributed by atoms with Crippen LogP contribution in [0.1, 0.15) is 55.2 Å². The van der Waals surface area contributed by atoms with Crippen molar-refractivity contribution in [2.45, 2.75) is 56.9 Å². The summed E-state index contributed by atoms with van der Waals surface area (Å²) in [6, 6.07) is 0.336. The number of aryl methyl sites for hydroxylation is 1. The Morgan fingerprint density at radius 3 is 2.69 bits per heavy atom. The van der Waals surface area contributed by atoms with Gasteiger partial charge in [-0.15, -0.1) is 0 Å². The molecule has 3 nitrogen and oxygen atoms in total. The van der Waals surface area contributed by atoms with Crippen LogP contribution < -0.4 is 5.73 Å². The van der Waals surface area contributed by atoms with Crippen molar-refractivity contribution in [2.75, 3.05) is 0 Å². The molecule has 2 N–H and O–H groups in total. The van der Waals surface area contributed by atoms with Gasteiger partial charge in [0.05, 0.1) is 5.69 Å². The fourth-order valence-corrected chi connectivity index (χ4v) is 3.35. The summed E-state index contributed by atoms with van der Waals surface area (Å²) < 4.78 is 2.34. The molecule has 0 aliphatic heterocycles. The standard InChI is InChI=1S/C13H21N3/c1-16-12-8-3-2-7-11(12)15-13(16)9-5-4-6-10(9)14/h9-10H,2-8,14H2,1H3. The second-order valence-electron chi connectivity index (χ2n) is 5.33. The van der Waals surface area contributed by atoms with Crippen molar-refractivity contribution in [1.82, 2.24) is 9.55 Å². The van der Waals surface area contributed by atoms with E-state index in [2.05, 4.69) is 11.6 Å². The topological polar surface area (TPSA) is 43.8 Å². The van der Waals surface area contributed by atoms with Crippen LogP contribution in [0.5, 0.6) is 0 Å². The van der Waals surface area contributed by atoms with Gasteiger partial charge in [0.25, 0.3) is 0 Å². The van der Waals surface area contributed by atoms with E-state index in [4.69, 9.17) is 10.7 Å². The van der Waals surface area contributed by atoms with E-state index in [0.29, 0.717) is 12.0 Å². The molecule has 0 spiro atoms. The predicted octanol–water partition coefficient (Wildman–Crippen LogP) is 1.89. The highest BCUT2D eigenvalue weighted by Gasteiger charge is 2.30. The Bertz CT molecular complexity index is 394. The van der Waals surface area contributed by atoms with Gasteiger partial charge in [0.15, 0.2) is 0 Å². The summed E-state index contributed by atoms with van der Waals surface area (Å²) in [4.78, 5) is 4.87. The van der Waals surface area contributed by atoms with Crippen molar-refractivity contribution in [3.05, 3.63) is 17.2 Å². The zero-order chi connectivity index (χ0) is 11.1. The third-order valence-corrected chi connectivity index (χ3v) is 4.31.